The monoisotopic (exact) mass is 384 g/mol. The number of hydrogen-bond acceptors (Lipinski definition) is 6. The summed E-state index contributed by atoms with van der Waals surface area (Å²) in [6.07, 6.45) is 8.43. The van der Waals surface area contributed by atoms with E-state index in [0.29, 0.717) is 5.82 Å². The van der Waals surface area contributed by atoms with Crippen molar-refractivity contribution in [3.05, 3.63) is 42.2 Å². The third kappa shape index (κ3) is 4.07. The molecule has 2 aliphatic rings. The van der Waals surface area contributed by atoms with Gasteiger partial charge in [0.1, 0.15) is 6.33 Å². The second-order valence-electron chi connectivity index (χ2n) is 8.19. The molecular weight excluding hydrogens is 356 g/mol. The first-order valence-electron chi connectivity index (χ1n) is 9.87. The Balaban J connectivity index is 1.27. The number of carbonyl (C=O) groups excluding carboxylic acids is 1. The van der Waals surface area contributed by atoms with Crippen LogP contribution in [0.15, 0.2) is 30.9 Å². The number of pyridine rings is 1. The van der Waals surface area contributed by atoms with Crippen molar-refractivity contribution in [1.82, 2.24) is 29.5 Å². The molecule has 0 aromatic carbocycles. The van der Waals surface area contributed by atoms with Crippen LogP contribution in [0.4, 0.5) is 0 Å². The van der Waals surface area contributed by atoms with E-state index in [0.717, 1.165) is 52.0 Å². The van der Waals surface area contributed by atoms with Crippen molar-refractivity contribution in [2.75, 3.05) is 33.3 Å². The first-order valence-corrected chi connectivity index (χ1v) is 9.87. The number of carbonyl (C=O) groups is 1. The third-order valence-corrected chi connectivity index (χ3v) is 5.99. The number of aryl methyl sites for hydroxylation is 1. The quantitative estimate of drug-likeness (QED) is 0.775. The minimum atomic E-state index is -0.0264. The number of hydrogen-bond donors (Lipinski definition) is 0. The highest BCUT2D eigenvalue weighted by Crippen LogP contribution is 2.42. The Labute approximate surface area is 165 Å². The van der Waals surface area contributed by atoms with Gasteiger partial charge in [0.2, 0.25) is 5.82 Å². The summed E-state index contributed by atoms with van der Waals surface area (Å²) in [5.41, 5.74) is 1.42. The molecule has 0 radical (unpaired) electrons. The molecule has 4 heterocycles. The molecule has 1 spiro atoms. The second kappa shape index (κ2) is 7.97. The van der Waals surface area contributed by atoms with Gasteiger partial charge in [-0.1, -0.05) is 6.07 Å². The van der Waals surface area contributed by atoms with E-state index < -0.39 is 0 Å². The summed E-state index contributed by atoms with van der Waals surface area (Å²) in [6, 6.07) is 4.07. The molecule has 2 aromatic rings. The first-order chi connectivity index (χ1) is 13.5. The summed E-state index contributed by atoms with van der Waals surface area (Å²) in [4.78, 5) is 25.1. The van der Waals surface area contributed by atoms with Gasteiger partial charge in [-0.3, -0.25) is 14.7 Å². The third-order valence-electron chi connectivity index (χ3n) is 5.99. The van der Waals surface area contributed by atoms with E-state index in [1.807, 2.05) is 17.2 Å². The highest BCUT2D eigenvalue weighted by Gasteiger charge is 2.43. The number of aromatic nitrogens is 4. The predicted molar refractivity (Wildman–Crippen MR) is 104 cm³/mol. The van der Waals surface area contributed by atoms with E-state index in [-0.39, 0.29) is 17.4 Å². The van der Waals surface area contributed by atoms with Crippen molar-refractivity contribution in [2.24, 2.45) is 12.5 Å². The number of likely N-dealkylation sites (tertiary alicyclic amines) is 1. The molecule has 2 fully saturated rings. The molecule has 1 unspecified atom stereocenters. The maximum Gasteiger partial charge on any atom is 0.291 e. The molecule has 2 aromatic heterocycles. The van der Waals surface area contributed by atoms with Crippen molar-refractivity contribution < 1.29 is 9.53 Å². The fraction of sp³-hybridized carbons (Fsp3) is 0.600. The van der Waals surface area contributed by atoms with Gasteiger partial charge in [-0.15, -0.1) is 0 Å². The fourth-order valence-corrected chi connectivity index (χ4v) is 4.39. The van der Waals surface area contributed by atoms with Crippen molar-refractivity contribution in [3.63, 3.8) is 0 Å². The zero-order valence-corrected chi connectivity index (χ0v) is 16.6. The zero-order chi connectivity index (χ0) is 19.6. The van der Waals surface area contributed by atoms with E-state index in [4.69, 9.17) is 4.74 Å². The lowest BCUT2D eigenvalue weighted by Gasteiger charge is -2.38. The lowest BCUT2D eigenvalue weighted by molar-refractivity contribution is 0.0447. The molecule has 8 heteroatoms. The predicted octanol–water partition coefficient (Wildman–Crippen LogP) is 1.35. The lowest BCUT2D eigenvalue weighted by atomic mass is 9.76. The van der Waals surface area contributed by atoms with Crippen LogP contribution in [-0.2, 0) is 18.3 Å². The van der Waals surface area contributed by atoms with Crippen LogP contribution in [0.1, 0.15) is 35.4 Å². The number of piperidine rings is 1. The molecule has 0 aliphatic carbocycles. The van der Waals surface area contributed by atoms with E-state index in [1.165, 1.54) is 11.9 Å². The Morgan fingerprint density at radius 1 is 1.39 bits per heavy atom. The highest BCUT2D eigenvalue weighted by atomic mass is 16.5. The molecule has 28 heavy (non-hydrogen) atoms. The second-order valence-corrected chi connectivity index (χ2v) is 8.19. The zero-order valence-electron chi connectivity index (χ0n) is 16.6. The number of rotatable bonds is 5. The minimum absolute atomic E-state index is 0.0264. The van der Waals surface area contributed by atoms with Gasteiger partial charge in [0.15, 0.2) is 0 Å². The number of nitrogens with zero attached hydrogens (tertiary/aromatic N) is 6. The van der Waals surface area contributed by atoms with Crippen LogP contribution in [0.5, 0.6) is 0 Å². The summed E-state index contributed by atoms with van der Waals surface area (Å²) in [5, 5.41) is 4.00. The highest BCUT2D eigenvalue weighted by molar-refractivity contribution is 5.90. The Morgan fingerprint density at radius 3 is 2.89 bits per heavy atom. The van der Waals surface area contributed by atoms with Crippen LogP contribution < -0.4 is 0 Å². The van der Waals surface area contributed by atoms with Gasteiger partial charge in [-0.25, -0.2) is 9.67 Å². The van der Waals surface area contributed by atoms with Crippen molar-refractivity contribution in [3.8, 4) is 0 Å². The van der Waals surface area contributed by atoms with Crippen molar-refractivity contribution in [2.45, 2.75) is 31.9 Å². The summed E-state index contributed by atoms with van der Waals surface area (Å²) in [5.74, 6) is 0.384. The molecule has 8 nitrogen and oxygen atoms in total. The molecule has 0 bridgehead atoms. The van der Waals surface area contributed by atoms with Crippen LogP contribution in [0.3, 0.4) is 0 Å². The topological polar surface area (TPSA) is 76.4 Å². The Kier molecular flexibility index (Phi) is 5.41. The van der Waals surface area contributed by atoms with Crippen LogP contribution in [0, 0.1) is 5.41 Å². The number of amides is 1. The summed E-state index contributed by atoms with van der Waals surface area (Å²) in [7, 11) is 3.88. The lowest BCUT2D eigenvalue weighted by Crippen LogP contribution is -2.44. The summed E-state index contributed by atoms with van der Waals surface area (Å²) in [6.45, 7) is 4.10. The van der Waals surface area contributed by atoms with Gasteiger partial charge in [0, 0.05) is 45.6 Å². The SMILES string of the molecule is CN(Cc1cccnc1)CC1CC2(CCN(C(=O)c3ncnn3C)CC2)CO1. The van der Waals surface area contributed by atoms with E-state index in [1.54, 1.807) is 17.9 Å². The fourth-order valence-electron chi connectivity index (χ4n) is 4.39. The molecule has 150 valence electrons. The van der Waals surface area contributed by atoms with Crippen LogP contribution >= 0.6 is 0 Å². The first kappa shape index (κ1) is 19.0. The Morgan fingerprint density at radius 2 is 2.21 bits per heavy atom. The average molecular weight is 384 g/mol. The molecule has 1 atom stereocenters. The number of likely N-dealkylation sites (N-methyl/N-ethyl adjacent to an activating group) is 1. The molecule has 2 aliphatic heterocycles. The number of ether oxygens (including phenoxy) is 1. The van der Waals surface area contributed by atoms with Crippen LogP contribution in [0.2, 0.25) is 0 Å². The maximum absolute atomic E-state index is 12.6. The van der Waals surface area contributed by atoms with Gasteiger partial charge in [0.05, 0.1) is 12.7 Å². The molecule has 0 saturated carbocycles. The van der Waals surface area contributed by atoms with E-state index in [9.17, 15) is 4.79 Å². The van der Waals surface area contributed by atoms with Crippen LogP contribution in [0.25, 0.3) is 0 Å². The minimum Gasteiger partial charge on any atom is -0.376 e. The summed E-state index contributed by atoms with van der Waals surface area (Å²) < 4.78 is 7.70. The Bertz CT molecular complexity index is 800. The van der Waals surface area contributed by atoms with Gasteiger partial charge < -0.3 is 9.64 Å². The van der Waals surface area contributed by atoms with Gasteiger partial charge in [-0.2, -0.15) is 5.10 Å². The van der Waals surface area contributed by atoms with E-state index >= 15 is 0 Å². The van der Waals surface area contributed by atoms with Gasteiger partial charge >= 0.3 is 0 Å². The molecule has 2 saturated heterocycles. The van der Waals surface area contributed by atoms with Crippen molar-refractivity contribution in [1.29, 1.82) is 0 Å². The summed E-state index contributed by atoms with van der Waals surface area (Å²) >= 11 is 0. The normalized spacial score (nSPS) is 21.5. The standard InChI is InChI=1S/C20H28N6O2/c1-24(12-16-4-3-7-21-11-16)13-17-10-20(14-28-17)5-8-26(9-6-20)19(27)18-22-15-23-25(18)2/h3-4,7,11,15,17H,5-6,8-10,12-14H2,1-2H3. The maximum atomic E-state index is 12.6. The van der Waals surface area contributed by atoms with E-state index in [2.05, 4.69) is 33.1 Å². The molecule has 0 N–H and O–H groups in total. The Hall–Kier alpha value is -2.32. The van der Waals surface area contributed by atoms with Crippen LogP contribution in [-0.4, -0.2) is 74.8 Å². The van der Waals surface area contributed by atoms with Gasteiger partial charge in [-0.05, 0) is 43.4 Å². The largest absolute Gasteiger partial charge is 0.376 e. The smallest absolute Gasteiger partial charge is 0.291 e. The molecular formula is C20H28N6O2. The van der Waals surface area contributed by atoms with Gasteiger partial charge in [0.25, 0.3) is 5.91 Å². The average Bonchev–Trinajstić information content (AvgIpc) is 3.29. The molecule has 4 rings (SSSR count). The molecule has 1 amide bonds. The van der Waals surface area contributed by atoms with Crippen molar-refractivity contribution >= 4 is 5.91 Å².